The molecule has 100 valence electrons. The highest BCUT2D eigenvalue weighted by atomic mass is 16.1. The Morgan fingerprint density at radius 1 is 1.58 bits per heavy atom. The fourth-order valence-corrected chi connectivity index (χ4v) is 2.43. The van der Waals surface area contributed by atoms with Gasteiger partial charge in [-0.25, -0.2) is 4.98 Å². The number of pyridine rings is 1. The molecule has 0 bridgehead atoms. The number of primary amides is 1. The topological polar surface area (TPSA) is 83.0 Å². The molecule has 0 spiro atoms. The van der Waals surface area contributed by atoms with E-state index in [9.17, 15) is 10.1 Å². The molecule has 1 aromatic heterocycles. The number of aryl methyl sites for hydroxylation is 2. The Bertz CT molecular complexity index is 545. The summed E-state index contributed by atoms with van der Waals surface area (Å²) < 4.78 is 0. The number of nitrogens with zero attached hydrogens (tertiary/aromatic N) is 3. The Balaban J connectivity index is 2.47. The highest BCUT2D eigenvalue weighted by molar-refractivity contribution is 5.80. The van der Waals surface area contributed by atoms with Crippen molar-refractivity contribution in [1.82, 2.24) is 4.98 Å². The number of amides is 1. The maximum absolute atomic E-state index is 11.2. The zero-order valence-electron chi connectivity index (χ0n) is 11.3. The molecule has 5 nitrogen and oxygen atoms in total. The first-order valence-electron chi connectivity index (χ1n) is 6.50. The third kappa shape index (κ3) is 2.68. The Morgan fingerprint density at radius 3 is 2.89 bits per heavy atom. The molecule has 1 heterocycles. The summed E-state index contributed by atoms with van der Waals surface area (Å²) in [5.74, 6) is 0.164. The lowest BCUT2D eigenvalue weighted by Crippen LogP contribution is -2.39. The van der Waals surface area contributed by atoms with E-state index in [1.807, 2.05) is 19.9 Å². The van der Waals surface area contributed by atoms with Crippen LogP contribution >= 0.6 is 0 Å². The average Bonchev–Trinajstić information content (AvgIpc) is 2.80. The van der Waals surface area contributed by atoms with E-state index in [1.165, 1.54) is 0 Å². The number of aromatic nitrogens is 1. The van der Waals surface area contributed by atoms with Gasteiger partial charge in [-0.05, 0) is 44.7 Å². The van der Waals surface area contributed by atoms with E-state index in [0.717, 1.165) is 30.5 Å². The molecule has 1 aromatic rings. The molecule has 0 saturated heterocycles. The van der Waals surface area contributed by atoms with Crippen LogP contribution < -0.4 is 10.6 Å². The standard InChI is InChI=1S/C14H18N4O/c1-9(2)18(8-13(16)19)14-11(7-15)6-10-4-3-5-12(10)17-14/h6,9H,3-5,8H2,1-2H3,(H2,16,19). The lowest BCUT2D eigenvalue weighted by molar-refractivity contribution is -0.116. The number of rotatable bonds is 4. The summed E-state index contributed by atoms with van der Waals surface area (Å²) in [6.45, 7) is 4.00. The SMILES string of the molecule is CC(C)N(CC(N)=O)c1nc2c(cc1C#N)CCC2. The van der Waals surface area contributed by atoms with Gasteiger partial charge in [0.05, 0.1) is 12.1 Å². The Hall–Kier alpha value is -2.09. The molecule has 5 heteroatoms. The van der Waals surface area contributed by atoms with E-state index in [4.69, 9.17) is 5.73 Å². The van der Waals surface area contributed by atoms with Gasteiger partial charge in [-0.15, -0.1) is 0 Å². The third-order valence-electron chi connectivity index (χ3n) is 3.37. The van der Waals surface area contributed by atoms with Gasteiger partial charge in [-0.2, -0.15) is 5.26 Å². The predicted octanol–water partition coefficient (Wildman–Crippen LogP) is 1.14. The second-order valence-corrected chi connectivity index (χ2v) is 5.12. The number of carbonyl (C=O) groups is 1. The van der Waals surface area contributed by atoms with Crippen LogP contribution in [0, 0.1) is 11.3 Å². The van der Waals surface area contributed by atoms with Gasteiger partial charge in [0.15, 0.2) is 0 Å². The lowest BCUT2D eigenvalue weighted by atomic mass is 10.1. The van der Waals surface area contributed by atoms with Crippen molar-refractivity contribution in [2.75, 3.05) is 11.4 Å². The number of fused-ring (bicyclic) bond motifs is 1. The molecule has 1 aliphatic carbocycles. The summed E-state index contributed by atoms with van der Waals surface area (Å²) >= 11 is 0. The van der Waals surface area contributed by atoms with Gasteiger partial charge in [0, 0.05) is 11.7 Å². The first kappa shape index (κ1) is 13.3. The van der Waals surface area contributed by atoms with Gasteiger partial charge in [0.1, 0.15) is 11.9 Å². The number of hydrogen-bond donors (Lipinski definition) is 1. The largest absolute Gasteiger partial charge is 0.368 e. The van der Waals surface area contributed by atoms with E-state index in [2.05, 4.69) is 11.1 Å². The van der Waals surface area contributed by atoms with E-state index < -0.39 is 5.91 Å². The molecule has 2 rings (SSSR count). The molecule has 1 aliphatic rings. The van der Waals surface area contributed by atoms with Crippen LogP contribution in [0.3, 0.4) is 0 Å². The van der Waals surface area contributed by atoms with Crippen LogP contribution in [0.5, 0.6) is 0 Å². The fourth-order valence-electron chi connectivity index (χ4n) is 2.43. The number of hydrogen-bond acceptors (Lipinski definition) is 4. The summed E-state index contributed by atoms with van der Waals surface area (Å²) in [6, 6.07) is 4.14. The van der Waals surface area contributed by atoms with Gasteiger partial charge in [-0.1, -0.05) is 0 Å². The van der Waals surface area contributed by atoms with Crippen LogP contribution in [0.25, 0.3) is 0 Å². The van der Waals surface area contributed by atoms with Crippen LogP contribution in [-0.4, -0.2) is 23.5 Å². The maximum atomic E-state index is 11.2. The Kier molecular flexibility index (Phi) is 3.70. The smallest absolute Gasteiger partial charge is 0.237 e. The minimum absolute atomic E-state index is 0.0616. The van der Waals surface area contributed by atoms with E-state index in [-0.39, 0.29) is 12.6 Å². The first-order valence-corrected chi connectivity index (χ1v) is 6.50. The van der Waals surface area contributed by atoms with Gasteiger partial charge in [-0.3, -0.25) is 4.79 Å². The van der Waals surface area contributed by atoms with Gasteiger partial charge in [0.2, 0.25) is 5.91 Å². The normalized spacial score (nSPS) is 13.2. The van der Waals surface area contributed by atoms with Gasteiger partial charge < -0.3 is 10.6 Å². The maximum Gasteiger partial charge on any atom is 0.237 e. The molecule has 0 unspecified atom stereocenters. The summed E-state index contributed by atoms with van der Waals surface area (Å²) in [6.07, 6.45) is 3.00. The van der Waals surface area contributed by atoms with Crippen molar-refractivity contribution in [3.8, 4) is 6.07 Å². The second-order valence-electron chi connectivity index (χ2n) is 5.12. The quantitative estimate of drug-likeness (QED) is 0.878. The summed E-state index contributed by atoms with van der Waals surface area (Å²) in [5.41, 5.74) is 8.01. The number of nitrogens with two attached hydrogens (primary N) is 1. The summed E-state index contributed by atoms with van der Waals surface area (Å²) in [4.78, 5) is 17.6. The van der Waals surface area contributed by atoms with Crippen LogP contribution in [0.15, 0.2) is 6.07 Å². The molecule has 1 amide bonds. The van der Waals surface area contributed by atoms with Crippen LogP contribution in [0.4, 0.5) is 5.82 Å². The zero-order valence-corrected chi connectivity index (χ0v) is 11.3. The predicted molar refractivity (Wildman–Crippen MR) is 72.7 cm³/mol. The monoisotopic (exact) mass is 258 g/mol. The molecule has 2 N–H and O–H groups in total. The van der Waals surface area contributed by atoms with Crippen LogP contribution in [-0.2, 0) is 17.6 Å². The lowest BCUT2D eigenvalue weighted by Gasteiger charge is -2.27. The Morgan fingerprint density at radius 2 is 2.32 bits per heavy atom. The third-order valence-corrected chi connectivity index (χ3v) is 3.37. The highest BCUT2D eigenvalue weighted by Crippen LogP contribution is 2.27. The number of nitriles is 1. The van der Waals surface area contributed by atoms with E-state index in [1.54, 1.807) is 4.90 Å². The van der Waals surface area contributed by atoms with Crippen molar-refractivity contribution in [2.45, 2.75) is 39.2 Å². The average molecular weight is 258 g/mol. The van der Waals surface area contributed by atoms with Crippen molar-refractivity contribution in [2.24, 2.45) is 5.73 Å². The molecule has 0 atom stereocenters. The minimum Gasteiger partial charge on any atom is -0.368 e. The van der Waals surface area contributed by atoms with E-state index in [0.29, 0.717) is 11.4 Å². The zero-order chi connectivity index (χ0) is 14.0. The van der Waals surface area contributed by atoms with Crippen molar-refractivity contribution in [3.63, 3.8) is 0 Å². The van der Waals surface area contributed by atoms with Gasteiger partial charge >= 0.3 is 0 Å². The number of carbonyl (C=O) groups excluding carboxylic acids is 1. The number of anilines is 1. The first-order chi connectivity index (χ1) is 9.02. The van der Waals surface area contributed by atoms with Crippen molar-refractivity contribution in [1.29, 1.82) is 5.26 Å². The molecular formula is C14H18N4O. The Labute approximate surface area is 113 Å². The molecule has 0 radical (unpaired) electrons. The molecule has 0 saturated carbocycles. The summed E-state index contributed by atoms with van der Waals surface area (Å²) in [5, 5.41) is 9.28. The van der Waals surface area contributed by atoms with Gasteiger partial charge in [0.25, 0.3) is 0 Å². The molecule has 0 aromatic carbocycles. The molecule has 0 fully saturated rings. The van der Waals surface area contributed by atoms with Crippen molar-refractivity contribution < 1.29 is 4.79 Å². The van der Waals surface area contributed by atoms with Crippen molar-refractivity contribution >= 4 is 11.7 Å². The molecular weight excluding hydrogens is 240 g/mol. The summed E-state index contributed by atoms with van der Waals surface area (Å²) in [7, 11) is 0. The second kappa shape index (κ2) is 5.27. The minimum atomic E-state index is -0.417. The van der Waals surface area contributed by atoms with Crippen LogP contribution in [0.2, 0.25) is 0 Å². The van der Waals surface area contributed by atoms with Crippen LogP contribution in [0.1, 0.15) is 37.1 Å². The molecule has 19 heavy (non-hydrogen) atoms. The fraction of sp³-hybridized carbons (Fsp3) is 0.500. The highest BCUT2D eigenvalue weighted by Gasteiger charge is 2.22. The van der Waals surface area contributed by atoms with Crippen molar-refractivity contribution in [3.05, 3.63) is 22.9 Å². The van der Waals surface area contributed by atoms with E-state index >= 15 is 0 Å². The molecule has 0 aliphatic heterocycles.